The molecule has 218 valence electrons. The minimum absolute atomic E-state index is 0.141. The lowest BCUT2D eigenvalue weighted by Gasteiger charge is -2.26. The van der Waals surface area contributed by atoms with Gasteiger partial charge in [0.1, 0.15) is 6.07 Å². The normalized spacial score (nSPS) is 14.5. The number of carbonyl (C=O) groups excluding carboxylic acids is 1. The summed E-state index contributed by atoms with van der Waals surface area (Å²) < 4.78 is 19.1. The van der Waals surface area contributed by atoms with E-state index in [2.05, 4.69) is 15.9 Å². The Morgan fingerprint density at radius 1 is 1.19 bits per heavy atom. The highest BCUT2D eigenvalue weighted by Gasteiger charge is 2.35. The van der Waals surface area contributed by atoms with Crippen molar-refractivity contribution in [3.05, 3.63) is 113 Å². The van der Waals surface area contributed by atoms with Crippen molar-refractivity contribution in [3.63, 3.8) is 0 Å². The molecule has 11 heteroatoms. The number of esters is 1. The number of hydrogen-bond donors (Lipinski definition) is 0. The summed E-state index contributed by atoms with van der Waals surface area (Å²) in [6.07, 6.45) is 3.74. The van der Waals surface area contributed by atoms with Gasteiger partial charge in [-0.15, -0.1) is 11.8 Å². The monoisotopic (exact) mass is 675 g/mol. The van der Waals surface area contributed by atoms with E-state index in [0.29, 0.717) is 42.1 Å². The van der Waals surface area contributed by atoms with Gasteiger partial charge in [0.25, 0.3) is 5.56 Å². The molecule has 0 radical (unpaired) electrons. The Hall–Kier alpha value is -4.11. The quantitative estimate of drug-likeness (QED) is 0.175. The highest BCUT2D eigenvalue weighted by molar-refractivity contribution is 9.10. The number of benzene rings is 3. The second-order valence-electron chi connectivity index (χ2n) is 9.19. The van der Waals surface area contributed by atoms with Crippen LogP contribution in [0.4, 0.5) is 0 Å². The van der Waals surface area contributed by atoms with Crippen molar-refractivity contribution < 1.29 is 19.0 Å². The largest absolute Gasteiger partial charge is 0.493 e. The lowest BCUT2D eigenvalue weighted by molar-refractivity contribution is -0.138. The summed E-state index contributed by atoms with van der Waals surface area (Å²) in [7, 11) is 1.50. The molecule has 0 saturated carbocycles. The average molecular weight is 677 g/mol. The van der Waals surface area contributed by atoms with Crippen LogP contribution in [0.3, 0.4) is 0 Å². The molecule has 0 unspecified atom stereocenters. The Labute approximate surface area is 264 Å². The number of thiazole rings is 1. The third-order valence-electron chi connectivity index (χ3n) is 6.64. The fourth-order valence-corrected chi connectivity index (χ4v) is 6.74. The third-order valence-corrected chi connectivity index (χ3v) is 8.95. The van der Waals surface area contributed by atoms with Gasteiger partial charge in [-0.3, -0.25) is 9.36 Å². The van der Waals surface area contributed by atoms with E-state index in [1.165, 1.54) is 18.4 Å². The second-order valence-corrected chi connectivity index (χ2v) is 11.9. The molecule has 1 atom stereocenters. The van der Waals surface area contributed by atoms with Gasteiger partial charge in [-0.25, -0.2) is 9.79 Å². The second kappa shape index (κ2) is 13.5. The van der Waals surface area contributed by atoms with Crippen LogP contribution in [0, 0.1) is 11.3 Å². The topological polar surface area (TPSA) is 103 Å². The van der Waals surface area contributed by atoms with Crippen LogP contribution in [-0.2, 0) is 9.53 Å². The first-order chi connectivity index (χ1) is 20.9. The first-order valence-corrected chi connectivity index (χ1v) is 16.0. The molecule has 0 saturated heterocycles. The number of nitriles is 1. The summed E-state index contributed by atoms with van der Waals surface area (Å²) in [4.78, 5) is 34.2. The van der Waals surface area contributed by atoms with Gasteiger partial charge in [-0.05, 0) is 70.6 Å². The number of methoxy groups -OCH3 is 1. The van der Waals surface area contributed by atoms with Gasteiger partial charge in [0.2, 0.25) is 0 Å². The number of carbonyl (C=O) groups is 1. The number of thioether (sulfide) groups is 1. The van der Waals surface area contributed by atoms with Gasteiger partial charge in [0, 0.05) is 10.5 Å². The SMILES string of the molecule is CCOC(=O)C1=C(c2ccccc2)N=c2s/c(=C\c3cc(Br)c(OCC#N)c(OC)c3)c(=O)n2[C@@H]1c1ccc(SC)cc1. The van der Waals surface area contributed by atoms with Crippen LogP contribution >= 0.6 is 39.0 Å². The molecule has 0 aliphatic carbocycles. The summed E-state index contributed by atoms with van der Waals surface area (Å²) in [5, 5.41) is 8.93. The molecular formula is C32H26BrN3O5S2. The molecule has 0 spiro atoms. The Kier molecular flexibility index (Phi) is 9.50. The van der Waals surface area contributed by atoms with E-state index in [0.717, 1.165) is 16.0 Å². The molecule has 0 fully saturated rings. The van der Waals surface area contributed by atoms with Crippen LogP contribution in [0.5, 0.6) is 11.5 Å². The molecule has 2 heterocycles. The van der Waals surface area contributed by atoms with E-state index in [4.69, 9.17) is 24.5 Å². The number of rotatable bonds is 9. The van der Waals surface area contributed by atoms with E-state index >= 15 is 0 Å². The van der Waals surface area contributed by atoms with Gasteiger partial charge >= 0.3 is 5.97 Å². The Bertz CT molecular complexity index is 1930. The minimum atomic E-state index is -0.758. The molecule has 1 aliphatic rings. The maximum absolute atomic E-state index is 14.1. The third kappa shape index (κ3) is 6.18. The maximum Gasteiger partial charge on any atom is 0.338 e. The minimum Gasteiger partial charge on any atom is -0.493 e. The Balaban J connectivity index is 1.77. The molecule has 4 aromatic rings. The highest BCUT2D eigenvalue weighted by Crippen LogP contribution is 2.38. The van der Waals surface area contributed by atoms with Crippen molar-refractivity contribution in [2.24, 2.45) is 4.99 Å². The summed E-state index contributed by atoms with van der Waals surface area (Å²) in [6, 6.07) is 22.0. The number of hydrogen-bond acceptors (Lipinski definition) is 9. The summed E-state index contributed by atoms with van der Waals surface area (Å²) in [5.41, 5.74) is 2.65. The van der Waals surface area contributed by atoms with Crippen molar-refractivity contribution in [2.45, 2.75) is 17.9 Å². The predicted octanol–water partition coefficient (Wildman–Crippen LogP) is 5.33. The molecule has 8 nitrogen and oxygen atoms in total. The Morgan fingerprint density at radius 2 is 1.93 bits per heavy atom. The van der Waals surface area contributed by atoms with Crippen molar-refractivity contribution >= 4 is 56.8 Å². The number of aromatic nitrogens is 1. The van der Waals surface area contributed by atoms with Gasteiger partial charge < -0.3 is 14.2 Å². The zero-order chi connectivity index (χ0) is 30.5. The van der Waals surface area contributed by atoms with E-state index < -0.39 is 12.0 Å². The van der Waals surface area contributed by atoms with E-state index in [1.54, 1.807) is 41.5 Å². The van der Waals surface area contributed by atoms with Crippen molar-refractivity contribution in [1.29, 1.82) is 5.26 Å². The van der Waals surface area contributed by atoms with Crippen molar-refractivity contribution in [1.82, 2.24) is 4.57 Å². The summed E-state index contributed by atoms with van der Waals surface area (Å²) >= 11 is 6.33. The zero-order valence-corrected chi connectivity index (χ0v) is 26.7. The lowest BCUT2D eigenvalue weighted by Crippen LogP contribution is -2.40. The number of fused-ring (bicyclic) bond motifs is 1. The molecule has 3 aromatic carbocycles. The Morgan fingerprint density at radius 3 is 2.58 bits per heavy atom. The molecule has 0 N–H and O–H groups in total. The van der Waals surface area contributed by atoms with Crippen LogP contribution in [0.25, 0.3) is 11.8 Å². The number of halogens is 1. The first kappa shape index (κ1) is 30.4. The first-order valence-electron chi connectivity index (χ1n) is 13.2. The molecule has 5 rings (SSSR count). The maximum atomic E-state index is 14.1. The van der Waals surface area contributed by atoms with Crippen LogP contribution in [0.2, 0.25) is 0 Å². The molecule has 1 aliphatic heterocycles. The fourth-order valence-electron chi connectivity index (χ4n) is 4.76. The van der Waals surface area contributed by atoms with Crippen LogP contribution in [0.1, 0.15) is 29.7 Å². The number of nitrogens with zero attached hydrogens (tertiary/aromatic N) is 3. The van der Waals surface area contributed by atoms with E-state index in [1.807, 2.05) is 66.9 Å². The van der Waals surface area contributed by atoms with Crippen molar-refractivity contribution in [2.75, 3.05) is 26.6 Å². The lowest BCUT2D eigenvalue weighted by atomic mass is 9.93. The molecule has 1 aromatic heterocycles. The standard InChI is InChI=1S/C32H26BrN3O5S2/c1-4-40-31(38)26-27(20-8-6-5-7-9-20)35-32-36(28(26)21-10-12-22(42-3)13-11-21)30(37)25(43-32)18-19-16-23(33)29(41-15-14-34)24(17-19)39-2/h5-13,16-18,28H,4,15H2,1-3H3/b25-18-/t28-/m1/s1. The molecule has 0 amide bonds. The molecule has 0 bridgehead atoms. The fraction of sp³-hybridized carbons (Fsp3) is 0.188. The molecular weight excluding hydrogens is 650 g/mol. The van der Waals surface area contributed by atoms with E-state index in [-0.39, 0.29) is 18.8 Å². The van der Waals surface area contributed by atoms with Crippen LogP contribution in [0.15, 0.2) is 91.5 Å². The smallest absolute Gasteiger partial charge is 0.338 e. The average Bonchev–Trinajstić information content (AvgIpc) is 3.34. The van der Waals surface area contributed by atoms with Crippen LogP contribution < -0.4 is 24.4 Å². The zero-order valence-electron chi connectivity index (χ0n) is 23.5. The van der Waals surface area contributed by atoms with Crippen molar-refractivity contribution in [3.8, 4) is 17.6 Å². The summed E-state index contributed by atoms with van der Waals surface area (Å²) in [5.74, 6) is 0.272. The predicted molar refractivity (Wildman–Crippen MR) is 171 cm³/mol. The molecule has 43 heavy (non-hydrogen) atoms. The highest BCUT2D eigenvalue weighted by atomic mass is 79.9. The van der Waals surface area contributed by atoms with Gasteiger partial charge in [0.05, 0.1) is 40.0 Å². The number of ether oxygens (including phenoxy) is 3. The van der Waals surface area contributed by atoms with Gasteiger partial charge in [-0.1, -0.05) is 53.8 Å². The van der Waals surface area contributed by atoms with E-state index in [9.17, 15) is 9.59 Å². The van der Waals surface area contributed by atoms with Gasteiger partial charge in [-0.2, -0.15) is 5.26 Å². The van der Waals surface area contributed by atoms with Crippen LogP contribution in [-0.4, -0.2) is 37.1 Å². The van der Waals surface area contributed by atoms with Gasteiger partial charge in [0.15, 0.2) is 22.9 Å². The summed E-state index contributed by atoms with van der Waals surface area (Å²) in [6.45, 7) is 1.79.